The number of nitrogens with two attached hydrogens (primary N) is 1. The molecule has 1 aromatic carbocycles. The Hall–Kier alpha value is -0.995. The summed E-state index contributed by atoms with van der Waals surface area (Å²) in [6, 6.07) is 5.36. The van der Waals surface area contributed by atoms with Crippen LogP contribution in [-0.2, 0) is 4.65 Å². The van der Waals surface area contributed by atoms with Crippen molar-refractivity contribution in [3.63, 3.8) is 0 Å². The van der Waals surface area contributed by atoms with Crippen molar-refractivity contribution in [2.75, 3.05) is 5.73 Å². The first kappa shape index (κ1) is 6.70. The van der Waals surface area contributed by atoms with Crippen LogP contribution in [0, 0.1) is 0 Å². The average Bonchev–Trinajstić information content (AvgIpc) is 2.35. The second kappa shape index (κ2) is 2.25. The molecule has 3 nitrogen and oxygen atoms in total. The van der Waals surface area contributed by atoms with Gasteiger partial charge in [0.2, 0.25) is 0 Å². The molecule has 3 N–H and O–H groups in total. The number of rotatable bonds is 0. The van der Waals surface area contributed by atoms with Gasteiger partial charge in [-0.2, -0.15) is 0 Å². The van der Waals surface area contributed by atoms with Gasteiger partial charge in [0, 0.05) is 11.3 Å². The maximum absolute atomic E-state index is 9.20. The van der Waals surface area contributed by atoms with E-state index in [1.165, 1.54) is 7.48 Å². The summed E-state index contributed by atoms with van der Waals surface area (Å²) in [6.45, 7) is 0. The number of fused-ring (bicyclic) bond motifs is 1. The van der Waals surface area contributed by atoms with Crippen molar-refractivity contribution in [2.45, 2.75) is 6.29 Å². The van der Waals surface area contributed by atoms with Gasteiger partial charge in [-0.05, 0) is 11.5 Å². The van der Waals surface area contributed by atoms with Crippen LogP contribution in [0.2, 0.25) is 0 Å². The zero-order chi connectivity index (χ0) is 7.84. The molecule has 1 unspecified atom stereocenters. The highest BCUT2D eigenvalue weighted by Gasteiger charge is 2.23. The monoisotopic (exact) mass is 148 g/mol. The molecule has 11 heavy (non-hydrogen) atoms. The number of aliphatic hydroxyl groups excluding tert-OH is 1. The van der Waals surface area contributed by atoms with Gasteiger partial charge in [0.1, 0.15) is 0 Å². The van der Waals surface area contributed by atoms with Gasteiger partial charge in [0.05, 0.1) is 0 Å². The van der Waals surface area contributed by atoms with Crippen molar-refractivity contribution in [3.05, 3.63) is 23.8 Å². The average molecular weight is 148 g/mol. The number of benzene rings is 1. The molecule has 0 saturated heterocycles. The molecule has 55 valence electrons. The highest BCUT2D eigenvalue weighted by Crippen LogP contribution is 2.19. The lowest BCUT2D eigenvalue weighted by molar-refractivity contribution is -0.00793. The van der Waals surface area contributed by atoms with E-state index < -0.39 is 6.29 Å². The third-order valence-corrected chi connectivity index (χ3v) is 1.75. The van der Waals surface area contributed by atoms with Gasteiger partial charge in [-0.1, -0.05) is 12.1 Å². The van der Waals surface area contributed by atoms with Crippen LogP contribution in [0.4, 0.5) is 5.69 Å². The van der Waals surface area contributed by atoms with E-state index in [4.69, 9.17) is 10.4 Å². The van der Waals surface area contributed by atoms with E-state index in [0.29, 0.717) is 5.69 Å². The van der Waals surface area contributed by atoms with E-state index in [0.717, 1.165) is 11.0 Å². The summed E-state index contributed by atoms with van der Waals surface area (Å²) < 4.78 is 4.85. The molecule has 1 atom stereocenters. The third-order valence-electron chi connectivity index (χ3n) is 1.75. The fourth-order valence-electron chi connectivity index (χ4n) is 1.16. The molecule has 0 saturated carbocycles. The van der Waals surface area contributed by atoms with Crippen molar-refractivity contribution in [2.24, 2.45) is 0 Å². The van der Waals surface area contributed by atoms with Crippen LogP contribution < -0.4 is 11.2 Å². The second-order valence-corrected chi connectivity index (χ2v) is 2.46. The van der Waals surface area contributed by atoms with Crippen molar-refractivity contribution >= 4 is 18.6 Å². The van der Waals surface area contributed by atoms with Crippen LogP contribution in [0.15, 0.2) is 18.2 Å². The van der Waals surface area contributed by atoms with E-state index in [-0.39, 0.29) is 0 Å². The van der Waals surface area contributed by atoms with Crippen molar-refractivity contribution in [3.8, 4) is 0 Å². The van der Waals surface area contributed by atoms with E-state index in [1.54, 1.807) is 18.2 Å². The predicted molar refractivity (Wildman–Crippen MR) is 42.3 cm³/mol. The molecule has 0 bridgehead atoms. The molecular formula is C7H7BNO2. The Morgan fingerprint density at radius 3 is 3.09 bits per heavy atom. The molecule has 1 heterocycles. The molecule has 1 radical (unpaired) electrons. The van der Waals surface area contributed by atoms with Crippen molar-refractivity contribution in [1.82, 2.24) is 0 Å². The maximum atomic E-state index is 9.20. The van der Waals surface area contributed by atoms with E-state index in [1.807, 2.05) is 0 Å². The van der Waals surface area contributed by atoms with Gasteiger partial charge in [0.15, 0.2) is 6.29 Å². The molecule has 4 heteroatoms. The number of hydrogen-bond acceptors (Lipinski definition) is 3. The lowest BCUT2D eigenvalue weighted by atomic mass is 9.86. The van der Waals surface area contributed by atoms with Gasteiger partial charge < -0.3 is 15.5 Å². The minimum absolute atomic E-state index is 0.638. The Morgan fingerprint density at radius 1 is 1.55 bits per heavy atom. The molecule has 0 spiro atoms. The first-order valence-electron chi connectivity index (χ1n) is 3.34. The van der Waals surface area contributed by atoms with E-state index in [2.05, 4.69) is 0 Å². The lowest BCUT2D eigenvalue weighted by Gasteiger charge is -2.03. The quantitative estimate of drug-likeness (QED) is 0.386. The molecule has 1 aliphatic heterocycles. The van der Waals surface area contributed by atoms with Crippen LogP contribution in [0.3, 0.4) is 0 Å². The molecular weight excluding hydrogens is 141 g/mol. The molecule has 0 amide bonds. The smallest absolute Gasteiger partial charge is 0.336 e. The fourth-order valence-corrected chi connectivity index (χ4v) is 1.16. The maximum Gasteiger partial charge on any atom is 0.336 e. The molecule has 1 aromatic rings. The summed E-state index contributed by atoms with van der Waals surface area (Å²) in [4.78, 5) is 0. The molecule has 0 aromatic heterocycles. The minimum atomic E-state index is -0.839. The first-order chi connectivity index (χ1) is 5.29. The standard InChI is InChI=1S/C7H7BNO2/c9-5-3-1-2-4-6(5)8-11-7(4)10/h1-3,7,10H,9H2. The number of nitrogen functional groups attached to an aromatic ring is 1. The van der Waals surface area contributed by atoms with Gasteiger partial charge in [-0.15, -0.1) is 0 Å². The number of hydrogen-bond donors (Lipinski definition) is 2. The topological polar surface area (TPSA) is 55.5 Å². The molecule has 0 fully saturated rings. The third kappa shape index (κ3) is 0.913. The van der Waals surface area contributed by atoms with Crippen molar-refractivity contribution < 1.29 is 9.76 Å². The van der Waals surface area contributed by atoms with E-state index >= 15 is 0 Å². The Balaban J connectivity index is 2.57. The zero-order valence-electron chi connectivity index (χ0n) is 5.82. The van der Waals surface area contributed by atoms with Crippen LogP contribution in [0.25, 0.3) is 0 Å². The summed E-state index contributed by atoms with van der Waals surface area (Å²) in [5, 5.41) is 9.20. The Kier molecular flexibility index (Phi) is 1.37. The molecule has 2 rings (SSSR count). The summed E-state index contributed by atoms with van der Waals surface area (Å²) in [5.74, 6) is 0. The highest BCUT2D eigenvalue weighted by molar-refractivity contribution is 6.51. The van der Waals surface area contributed by atoms with Crippen LogP contribution in [-0.4, -0.2) is 12.6 Å². The Bertz CT molecular complexity index is 290. The predicted octanol–water partition coefficient (Wildman–Crippen LogP) is -0.466. The number of aliphatic hydroxyl groups is 1. The number of anilines is 1. The Labute approximate surface area is 65.1 Å². The fraction of sp³-hybridized carbons (Fsp3) is 0.143. The zero-order valence-corrected chi connectivity index (χ0v) is 5.82. The molecule has 0 aliphatic carbocycles. The summed E-state index contributed by atoms with van der Waals surface area (Å²) >= 11 is 0. The second-order valence-electron chi connectivity index (χ2n) is 2.46. The lowest BCUT2D eigenvalue weighted by Crippen LogP contribution is -2.16. The summed E-state index contributed by atoms with van der Waals surface area (Å²) in [5.41, 5.74) is 7.78. The minimum Gasteiger partial charge on any atom is -0.407 e. The van der Waals surface area contributed by atoms with Crippen LogP contribution in [0.5, 0.6) is 0 Å². The Morgan fingerprint density at radius 2 is 2.36 bits per heavy atom. The van der Waals surface area contributed by atoms with Crippen molar-refractivity contribution in [1.29, 1.82) is 0 Å². The highest BCUT2D eigenvalue weighted by atomic mass is 16.6. The van der Waals surface area contributed by atoms with Crippen LogP contribution >= 0.6 is 0 Å². The van der Waals surface area contributed by atoms with Gasteiger partial charge in [0.25, 0.3) is 0 Å². The van der Waals surface area contributed by atoms with Gasteiger partial charge in [-0.3, -0.25) is 0 Å². The largest absolute Gasteiger partial charge is 0.407 e. The summed E-state index contributed by atoms with van der Waals surface area (Å²) in [7, 11) is 1.48. The normalized spacial score (nSPS) is 21.0. The molecule has 1 aliphatic rings. The SMILES string of the molecule is Nc1cccc2c1[B]OC2O. The van der Waals surface area contributed by atoms with E-state index in [9.17, 15) is 5.11 Å². The van der Waals surface area contributed by atoms with Gasteiger partial charge in [-0.25, -0.2) is 0 Å². The van der Waals surface area contributed by atoms with Gasteiger partial charge >= 0.3 is 7.48 Å². The summed E-state index contributed by atoms with van der Waals surface area (Å²) in [6.07, 6.45) is -0.839. The van der Waals surface area contributed by atoms with Crippen LogP contribution in [0.1, 0.15) is 11.9 Å². The first-order valence-corrected chi connectivity index (χ1v) is 3.34.